The number of nitrogens with zero attached hydrogens (tertiary/aromatic N) is 3. The lowest BCUT2D eigenvalue weighted by Crippen LogP contribution is -2.23. The highest BCUT2D eigenvalue weighted by Gasteiger charge is 2.17. The maximum Gasteiger partial charge on any atom is 0.269 e. The predicted octanol–water partition coefficient (Wildman–Crippen LogP) is 4.16. The van der Waals surface area contributed by atoms with E-state index in [-0.39, 0.29) is 22.3 Å². The summed E-state index contributed by atoms with van der Waals surface area (Å²) in [5.41, 5.74) is 0.321. The summed E-state index contributed by atoms with van der Waals surface area (Å²) in [6, 6.07) is 17.9. The summed E-state index contributed by atoms with van der Waals surface area (Å²) in [4.78, 5) is 40.2. The van der Waals surface area contributed by atoms with Gasteiger partial charge in [0.15, 0.2) is 5.16 Å². The van der Waals surface area contributed by atoms with Gasteiger partial charge in [-0.25, -0.2) is 9.37 Å². The second-order valence-corrected chi connectivity index (χ2v) is 7.59. The van der Waals surface area contributed by atoms with E-state index in [0.29, 0.717) is 16.6 Å². The molecule has 1 aromatic heterocycles. The molecule has 0 aliphatic carbocycles. The molecular formula is C22H15FN4O4S. The lowest BCUT2D eigenvalue weighted by molar-refractivity contribution is -0.384. The van der Waals surface area contributed by atoms with Gasteiger partial charge in [0.05, 0.1) is 27.3 Å². The minimum absolute atomic E-state index is 0.0361. The van der Waals surface area contributed by atoms with E-state index in [2.05, 4.69) is 10.3 Å². The number of thioether (sulfide) groups is 1. The first-order chi connectivity index (χ1) is 15.4. The van der Waals surface area contributed by atoms with Crippen molar-refractivity contribution >= 4 is 39.9 Å². The first kappa shape index (κ1) is 21.2. The molecule has 1 heterocycles. The van der Waals surface area contributed by atoms with Gasteiger partial charge >= 0.3 is 0 Å². The van der Waals surface area contributed by atoms with Crippen molar-refractivity contribution in [1.29, 1.82) is 0 Å². The van der Waals surface area contributed by atoms with Crippen molar-refractivity contribution in [3.8, 4) is 5.69 Å². The topological polar surface area (TPSA) is 107 Å². The van der Waals surface area contributed by atoms with Gasteiger partial charge in [-0.15, -0.1) is 0 Å². The number of nitro benzene ring substituents is 1. The largest absolute Gasteiger partial charge is 0.325 e. The van der Waals surface area contributed by atoms with Crippen LogP contribution in [0, 0.1) is 15.9 Å². The molecule has 0 saturated heterocycles. The molecule has 8 nitrogen and oxygen atoms in total. The van der Waals surface area contributed by atoms with Gasteiger partial charge in [0.1, 0.15) is 5.82 Å². The number of aromatic nitrogens is 2. The molecule has 0 saturated carbocycles. The fourth-order valence-electron chi connectivity index (χ4n) is 3.05. The summed E-state index contributed by atoms with van der Waals surface area (Å²) in [7, 11) is 0. The SMILES string of the molecule is O=C(CSc1nc2ccccc2c(=O)n1-c1ccccc1F)Nc1ccc([N+](=O)[O-])cc1. The van der Waals surface area contributed by atoms with Crippen molar-refractivity contribution in [2.24, 2.45) is 0 Å². The van der Waals surface area contributed by atoms with Gasteiger partial charge in [0.2, 0.25) is 5.91 Å². The molecule has 0 spiro atoms. The number of non-ortho nitro benzene ring substituents is 1. The Hall–Kier alpha value is -4.05. The summed E-state index contributed by atoms with van der Waals surface area (Å²) in [6.07, 6.45) is 0. The van der Waals surface area contributed by atoms with E-state index in [1.807, 2.05) is 0 Å². The van der Waals surface area contributed by atoms with Gasteiger partial charge in [0.25, 0.3) is 11.2 Å². The second-order valence-electron chi connectivity index (χ2n) is 6.64. The number of hydrogen-bond acceptors (Lipinski definition) is 6. The van der Waals surface area contributed by atoms with Gasteiger partial charge in [-0.05, 0) is 36.4 Å². The molecule has 160 valence electrons. The highest BCUT2D eigenvalue weighted by Crippen LogP contribution is 2.23. The maximum absolute atomic E-state index is 14.5. The lowest BCUT2D eigenvalue weighted by Gasteiger charge is -2.13. The molecule has 3 aromatic carbocycles. The Labute approximate surface area is 184 Å². The predicted molar refractivity (Wildman–Crippen MR) is 120 cm³/mol. The van der Waals surface area contributed by atoms with Gasteiger partial charge in [-0.3, -0.25) is 24.3 Å². The van der Waals surface area contributed by atoms with Crippen molar-refractivity contribution in [1.82, 2.24) is 9.55 Å². The highest BCUT2D eigenvalue weighted by molar-refractivity contribution is 7.99. The molecule has 4 aromatic rings. The Bertz CT molecular complexity index is 1390. The van der Waals surface area contributed by atoms with Crippen LogP contribution in [0.4, 0.5) is 15.8 Å². The molecule has 0 atom stereocenters. The van der Waals surface area contributed by atoms with E-state index >= 15 is 0 Å². The van der Waals surface area contributed by atoms with E-state index in [9.17, 15) is 24.1 Å². The number of fused-ring (bicyclic) bond motifs is 1. The Morgan fingerprint density at radius 2 is 1.75 bits per heavy atom. The fourth-order valence-corrected chi connectivity index (χ4v) is 3.85. The zero-order valence-corrected chi connectivity index (χ0v) is 17.2. The number of amides is 1. The number of para-hydroxylation sites is 2. The molecule has 0 aliphatic heterocycles. The average molecular weight is 450 g/mol. The number of hydrogen-bond donors (Lipinski definition) is 1. The van der Waals surface area contributed by atoms with E-state index in [1.165, 1.54) is 42.5 Å². The molecule has 32 heavy (non-hydrogen) atoms. The second kappa shape index (κ2) is 8.98. The van der Waals surface area contributed by atoms with Gasteiger partial charge in [-0.1, -0.05) is 36.0 Å². The molecule has 0 fully saturated rings. The van der Waals surface area contributed by atoms with Crippen molar-refractivity contribution < 1.29 is 14.1 Å². The van der Waals surface area contributed by atoms with Crippen LogP contribution in [0.25, 0.3) is 16.6 Å². The smallest absolute Gasteiger partial charge is 0.269 e. The third-order valence-electron chi connectivity index (χ3n) is 4.53. The third kappa shape index (κ3) is 4.35. The van der Waals surface area contributed by atoms with E-state index in [1.54, 1.807) is 30.3 Å². The van der Waals surface area contributed by atoms with Crippen LogP contribution in [0.15, 0.2) is 82.7 Å². The number of nitro groups is 1. The minimum atomic E-state index is -0.594. The summed E-state index contributed by atoms with van der Waals surface area (Å²) < 4.78 is 15.6. The molecule has 0 radical (unpaired) electrons. The van der Waals surface area contributed by atoms with Crippen molar-refractivity contribution in [3.05, 3.63) is 99.1 Å². The molecule has 1 N–H and O–H groups in total. The summed E-state index contributed by atoms with van der Waals surface area (Å²) in [5, 5.41) is 13.9. The van der Waals surface area contributed by atoms with E-state index in [4.69, 9.17) is 0 Å². The number of halogens is 1. The number of rotatable bonds is 6. The number of carbonyl (C=O) groups is 1. The highest BCUT2D eigenvalue weighted by atomic mass is 32.2. The lowest BCUT2D eigenvalue weighted by atomic mass is 10.2. The van der Waals surface area contributed by atoms with Crippen LogP contribution < -0.4 is 10.9 Å². The van der Waals surface area contributed by atoms with Crippen LogP contribution in [0.5, 0.6) is 0 Å². The molecule has 0 aliphatic rings. The number of benzene rings is 3. The Kier molecular flexibility index (Phi) is 5.95. The Morgan fingerprint density at radius 3 is 2.47 bits per heavy atom. The monoisotopic (exact) mass is 450 g/mol. The quantitative estimate of drug-likeness (QED) is 0.205. The van der Waals surface area contributed by atoms with Crippen molar-refractivity contribution in [2.45, 2.75) is 5.16 Å². The first-order valence-corrected chi connectivity index (χ1v) is 10.4. The molecular weight excluding hydrogens is 435 g/mol. The van der Waals surface area contributed by atoms with Gasteiger partial charge in [-0.2, -0.15) is 0 Å². The molecule has 0 bridgehead atoms. The van der Waals surface area contributed by atoms with Crippen LogP contribution in [0.3, 0.4) is 0 Å². The van der Waals surface area contributed by atoms with Crippen LogP contribution in [-0.4, -0.2) is 26.1 Å². The third-order valence-corrected chi connectivity index (χ3v) is 5.47. The molecule has 0 unspecified atom stereocenters. The summed E-state index contributed by atoms with van der Waals surface area (Å²) >= 11 is 0.980. The van der Waals surface area contributed by atoms with Crippen LogP contribution in [-0.2, 0) is 4.79 Å². The van der Waals surface area contributed by atoms with Crippen LogP contribution in [0.1, 0.15) is 0 Å². The average Bonchev–Trinajstić information content (AvgIpc) is 2.79. The number of carbonyl (C=O) groups excluding carboxylic acids is 1. The van der Waals surface area contributed by atoms with Crippen LogP contribution >= 0.6 is 11.8 Å². The van der Waals surface area contributed by atoms with Gasteiger partial charge < -0.3 is 5.32 Å². The summed E-state index contributed by atoms with van der Waals surface area (Å²) in [6.45, 7) is 0. The van der Waals surface area contributed by atoms with Crippen molar-refractivity contribution in [3.63, 3.8) is 0 Å². The normalized spacial score (nSPS) is 10.8. The number of anilines is 1. The molecule has 1 amide bonds. The van der Waals surface area contributed by atoms with E-state index < -0.39 is 22.2 Å². The van der Waals surface area contributed by atoms with E-state index in [0.717, 1.165) is 16.3 Å². The standard InChI is InChI=1S/C22H15FN4O4S/c23-17-6-2-4-8-19(17)26-21(29)16-5-1-3-7-18(16)25-22(26)32-13-20(28)24-14-9-11-15(12-10-14)27(30)31/h1-12H,13H2,(H,24,28). The molecule has 4 rings (SSSR count). The Morgan fingerprint density at radius 1 is 1.06 bits per heavy atom. The zero-order chi connectivity index (χ0) is 22.7. The molecule has 10 heteroatoms. The number of nitrogens with one attached hydrogen (secondary N) is 1. The first-order valence-electron chi connectivity index (χ1n) is 9.38. The minimum Gasteiger partial charge on any atom is -0.325 e. The Balaban J connectivity index is 1.63. The summed E-state index contributed by atoms with van der Waals surface area (Å²) in [5.74, 6) is -1.12. The fraction of sp³-hybridized carbons (Fsp3) is 0.0455. The zero-order valence-electron chi connectivity index (χ0n) is 16.4. The van der Waals surface area contributed by atoms with Crippen molar-refractivity contribution in [2.75, 3.05) is 11.1 Å². The van der Waals surface area contributed by atoms with Crippen LogP contribution in [0.2, 0.25) is 0 Å². The van der Waals surface area contributed by atoms with Gasteiger partial charge in [0, 0.05) is 17.8 Å². The maximum atomic E-state index is 14.5.